The van der Waals surface area contributed by atoms with Crippen molar-refractivity contribution < 1.29 is 4.79 Å². The summed E-state index contributed by atoms with van der Waals surface area (Å²) < 4.78 is 0. The van der Waals surface area contributed by atoms with E-state index in [2.05, 4.69) is 27.3 Å². The molecule has 2 fully saturated rings. The van der Waals surface area contributed by atoms with Gasteiger partial charge in [0.15, 0.2) is 0 Å². The topological polar surface area (TPSA) is 61.0 Å². The molecule has 1 aromatic heterocycles. The highest BCUT2D eigenvalue weighted by Crippen LogP contribution is 2.38. The van der Waals surface area contributed by atoms with Crippen molar-refractivity contribution in [2.24, 2.45) is 0 Å². The van der Waals surface area contributed by atoms with Crippen molar-refractivity contribution in [3.8, 4) is 0 Å². The van der Waals surface area contributed by atoms with Gasteiger partial charge in [-0.3, -0.25) is 9.89 Å². The summed E-state index contributed by atoms with van der Waals surface area (Å²) >= 11 is 0. The van der Waals surface area contributed by atoms with Crippen LogP contribution in [0.2, 0.25) is 0 Å². The third-order valence-electron chi connectivity index (χ3n) is 4.70. The SMILES string of the molecule is C[C@H]1CCCCN1CCCNC(=O)c1cc(C2CC2)[nH]n1. The summed E-state index contributed by atoms with van der Waals surface area (Å²) in [5, 5.41) is 10.1. The van der Waals surface area contributed by atoms with E-state index in [9.17, 15) is 4.79 Å². The maximum Gasteiger partial charge on any atom is 0.271 e. The Morgan fingerprint density at radius 2 is 2.29 bits per heavy atom. The molecule has 1 saturated carbocycles. The number of hydrogen-bond donors (Lipinski definition) is 2. The number of hydrogen-bond acceptors (Lipinski definition) is 3. The van der Waals surface area contributed by atoms with Crippen LogP contribution in [0.4, 0.5) is 0 Å². The zero-order chi connectivity index (χ0) is 14.7. The summed E-state index contributed by atoms with van der Waals surface area (Å²) in [4.78, 5) is 14.5. The molecule has 2 N–H and O–H groups in total. The van der Waals surface area contributed by atoms with Gasteiger partial charge >= 0.3 is 0 Å². The van der Waals surface area contributed by atoms with Crippen LogP contribution < -0.4 is 5.32 Å². The second kappa shape index (κ2) is 6.60. The van der Waals surface area contributed by atoms with Gasteiger partial charge < -0.3 is 10.2 Å². The third kappa shape index (κ3) is 3.84. The molecule has 21 heavy (non-hydrogen) atoms. The summed E-state index contributed by atoms with van der Waals surface area (Å²) in [6, 6.07) is 2.60. The van der Waals surface area contributed by atoms with Crippen molar-refractivity contribution in [1.82, 2.24) is 20.4 Å². The van der Waals surface area contributed by atoms with E-state index in [-0.39, 0.29) is 5.91 Å². The predicted octanol–water partition coefficient (Wildman–Crippen LogP) is 2.28. The second-order valence-electron chi connectivity index (χ2n) is 6.47. The summed E-state index contributed by atoms with van der Waals surface area (Å²) in [5.74, 6) is 0.560. The average Bonchev–Trinajstić information content (AvgIpc) is 3.22. The van der Waals surface area contributed by atoms with Gasteiger partial charge in [0, 0.05) is 30.7 Å². The van der Waals surface area contributed by atoms with Gasteiger partial charge in [0.1, 0.15) is 5.69 Å². The lowest BCUT2D eigenvalue weighted by Crippen LogP contribution is -2.39. The first-order chi connectivity index (χ1) is 10.2. The molecule has 5 heteroatoms. The summed E-state index contributed by atoms with van der Waals surface area (Å²) in [7, 11) is 0. The number of carbonyl (C=O) groups excluding carboxylic acids is 1. The fourth-order valence-electron chi connectivity index (χ4n) is 3.12. The number of nitrogens with zero attached hydrogens (tertiary/aromatic N) is 2. The maximum absolute atomic E-state index is 12.0. The fourth-order valence-corrected chi connectivity index (χ4v) is 3.12. The Balaban J connectivity index is 1.37. The molecule has 0 radical (unpaired) electrons. The van der Waals surface area contributed by atoms with E-state index in [1.165, 1.54) is 38.6 Å². The van der Waals surface area contributed by atoms with E-state index < -0.39 is 0 Å². The average molecular weight is 290 g/mol. The standard InChI is InChI=1S/C16H26N4O/c1-12-5-2-3-9-20(12)10-4-8-17-16(21)15-11-14(18-19-15)13-6-7-13/h11-13H,2-10H2,1H3,(H,17,21)(H,18,19)/t12-/m0/s1. The molecule has 2 aliphatic rings. The number of nitrogens with one attached hydrogen (secondary N) is 2. The molecule has 1 atom stereocenters. The van der Waals surface area contributed by atoms with Crippen LogP contribution in [0.25, 0.3) is 0 Å². The number of aromatic amines is 1. The molecule has 5 nitrogen and oxygen atoms in total. The van der Waals surface area contributed by atoms with Crippen molar-refractivity contribution in [2.45, 2.75) is 57.4 Å². The number of carbonyl (C=O) groups is 1. The fraction of sp³-hybridized carbons (Fsp3) is 0.750. The largest absolute Gasteiger partial charge is 0.351 e. The first-order valence-corrected chi connectivity index (χ1v) is 8.31. The van der Waals surface area contributed by atoms with Crippen molar-refractivity contribution in [3.63, 3.8) is 0 Å². The van der Waals surface area contributed by atoms with Gasteiger partial charge in [0.2, 0.25) is 0 Å². The normalized spacial score (nSPS) is 23.2. The number of H-pyrrole nitrogens is 1. The quantitative estimate of drug-likeness (QED) is 0.790. The van der Waals surface area contributed by atoms with Crippen LogP contribution in [0, 0.1) is 0 Å². The molecule has 2 heterocycles. The van der Waals surface area contributed by atoms with Crippen molar-refractivity contribution >= 4 is 5.91 Å². The first-order valence-electron chi connectivity index (χ1n) is 8.31. The molecule has 116 valence electrons. The van der Waals surface area contributed by atoms with Gasteiger partial charge in [-0.05, 0) is 51.6 Å². The zero-order valence-electron chi connectivity index (χ0n) is 12.9. The zero-order valence-corrected chi connectivity index (χ0v) is 12.9. The van der Waals surface area contributed by atoms with Gasteiger partial charge in [-0.25, -0.2) is 0 Å². The van der Waals surface area contributed by atoms with Crippen LogP contribution in [0.15, 0.2) is 6.07 Å². The van der Waals surface area contributed by atoms with Gasteiger partial charge in [-0.1, -0.05) is 6.42 Å². The minimum Gasteiger partial charge on any atom is -0.351 e. The number of likely N-dealkylation sites (tertiary alicyclic amines) is 1. The molecule has 1 aliphatic carbocycles. The molecular weight excluding hydrogens is 264 g/mol. The second-order valence-corrected chi connectivity index (χ2v) is 6.47. The molecule has 0 aromatic carbocycles. The molecule has 1 amide bonds. The molecule has 0 unspecified atom stereocenters. The smallest absolute Gasteiger partial charge is 0.271 e. The molecule has 0 spiro atoms. The highest BCUT2D eigenvalue weighted by molar-refractivity contribution is 5.92. The van der Waals surface area contributed by atoms with E-state index >= 15 is 0 Å². The predicted molar refractivity (Wildman–Crippen MR) is 82.4 cm³/mol. The Hall–Kier alpha value is -1.36. The molecule has 3 rings (SSSR count). The van der Waals surface area contributed by atoms with E-state index in [4.69, 9.17) is 0 Å². The van der Waals surface area contributed by atoms with Crippen LogP contribution >= 0.6 is 0 Å². The Morgan fingerprint density at radius 1 is 1.43 bits per heavy atom. The molecule has 0 bridgehead atoms. The van der Waals surface area contributed by atoms with Gasteiger partial charge in [0.25, 0.3) is 5.91 Å². The lowest BCUT2D eigenvalue weighted by Gasteiger charge is -2.33. The lowest BCUT2D eigenvalue weighted by atomic mass is 10.0. The van der Waals surface area contributed by atoms with Crippen LogP contribution in [0.3, 0.4) is 0 Å². The van der Waals surface area contributed by atoms with Gasteiger partial charge in [-0.2, -0.15) is 5.10 Å². The van der Waals surface area contributed by atoms with Crippen molar-refractivity contribution in [2.75, 3.05) is 19.6 Å². The number of rotatable bonds is 6. The summed E-state index contributed by atoms with van der Waals surface area (Å²) in [5.41, 5.74) is 1.64. The number of aromatic nitrogens is 2. The highest BCUT2D eigenvalue weighted by atomic mass is 16.1. The van der Waals surface area contributed by atoms with Crippen molar-refractivity contribution in [3.05, 3.63) is 17.5 Å². The number of amides is 1. The monoisotopic (exact) mass is 290 g/mol. The van der Waals surface area contributed by atoms with Crippen LogP contribution in [-0.2, 0) is 0 Å². The van der Waals surface area contributed by atoms with Gasteiger partial charge in [0.05, 0.1) is 0 Å². The summed E-state index contributed by atoms with van der Waals surface area (Å²) in [6.07, 6.45) is 7.43. The molecule has 1 aliphatic heterocycles. The van der Waals surface area contributed by atoms with E-state index in [0.29, 0.717) is 17.7 Å². The minimum atomic E-state index is -0.0511. The van der Waals surface area contributed by atoms with E-state index in [0.717, 1.165) is 25.2 Å². The van der Waals surface area contributed by atoms with Crippen LogP contribution in [0.5, 0.6) is 0 Å². The van der Waals surface area contributed by atoms with Gasteiger partial charge in [-0.15, -0.1) is 0 Å². The maximum atomic E-state index is 12.0. The molecular formula is C16H26N4O. The Bertz CT molecular complexity index is 480. The molecule has 1 aromatic rings. The Morgan fingerprint density at radius 3 is 3.05 bits per heavy atom. The minimum absolute atomic E-state index is 0.0511. The molecule has 1 saturated heterocycles. The highest BCUT2D eigenvalue weighted by Gasteiger charge is 2.26. The lowest BCUT2D eigenvalue weighted by molar-refractivity contribution is 0.0944. The van der Waals surface area contributed by atoms with E-state index in [1.54, 1.807) is 0 Å². The Labute approximate surface area is 126 Å². The summed E-state index contributed by atoms with van der Waals surface area (Å²) in [6.45, 7) is 5.32. The van der Waals surface area contributed by atoms with Crippen molar-refractivity contribution in [1.29, 1.82) is 0 Å². The van der Waals surface area contributed by atoms with Crippen LogP contribution in [-0.4, -0.2) is 46.7 Å². The third-order valence-corrected chi connectivity index (χ3v) is 4.70. The van der Waals surface area contributed by atoms with Crippen LogP contribution in [0.1, 0.15) is 67.5 Å². The van der Waals surface area contributed by atoms with E-state index in [1.807, 2.05) is 6.07 Å². The Kier molecular flexibility index (Phi) is 4.58. The number of piperidine rings is 1. The first kappa shape index (κ1) is 14.6.